The van der Waals surface area contributed by atoms with Gasteiger partial charge in [0.25, 0.3) is 5.91 Å². The van der Waals surface area contributed by atoms with Crippen LogP contribution in [0.4, 0.5) is 4.39 Å². The molecule has 5 nitrogen and oxygen atoms in total. The summed E-state index contributed by atoms with van der Waals surface area (Å²) in [4.78, 5) is 20.4. The second-order valence-corrected chi connectivity index (χ2v) is 9.15. The van der Waals surface area contributed by atoms with E-state index in [4.69, 9.17) is 4.74 Å². The molecular formula is C27H38FN3O2. The van der Waals surface area contributed by atoms with E-state index in [9.17, 15) is 9.18 Å². The molecule has 0 atom stereocenters. The maximum absolute atomic E-state index is 14.0. The number of methoxy groups -OCH3 is 1. The standard InChI is InChI=1S/C27H38FN3O2/c1-8-29-25(30-27(6)14-15-27)23(19(2)3)24(20(4)5)26(32)31(16-9-17-33-7)18-21-10-12-22(28)13-11-21/h8,10-13,30H,2,9,14-18H2,1,3-7H3/b25-23-,29-8?. The molecule has 0 heterocycles. The molecule has 1 saturated carbocycles. The maximum Gasteiger partial charge on any atom is 0.254 e. The van der Waals surface area contributed by atoms with Crippen LogP contribution in [0, 0.1) is 5.82 Å². The van der Waals surface area contributed by atoms with Crippen LogP contribution in [0.25, 0.3) is 0 Å². The molecule has 1 aromatic rings. The molecule has 180 valence electrons. The number of nitrogens with one attached hydrogen (secondary N) is 1. The van der Waals surface area contributed by atoms with Crippen LogP contribution in [-0.2, 0) is 16.1 Å². The molecule has 1 aliphatic carbocycles. The fraction of sp³-hybridized carbons (Fsp3) is 0.481. The van der Waals surface area contributed by atoms with Crippen LogP contribution in [-0.4, -0.2) is 42.8 Å². The molecule has 0 spiro atoms. The summed E-state index contributed by atoms with van der Waals surface area (Å²) in [5.74, 6) is 0.281. The summed E-state index contributed by atoms with van der Waals surface area (Å²) in [5, 5.41) is 3.54. The Kier molecular flexibility index (Phi) is 9.59. The Labute approximate surface area is 198 Å². The van der Waals surface area contributed by atoms with Crippen molar-refractivity contribution in [3.63, 3.8) is 0 Å². The van der Waals surface area contributed by atoms with Gasteiger partial charge in [0.05, 0.1) is 0 Å². The lowest BCUT2D eigenvalue weighted by molar-refractivity contribution is -0.127. The fourth-order valence-electron chi connectivity index (χ4n) is 3.61. The van der Waals surface area contributed by atoms with Gasteiger partial charge in [0.1, 0.15) is 11.6 Å². The molecule has 1 aromatic carbocycles. The van der Waals surface area contributed by atoms with E-state index in [1.54, 1.807) is 30.4 Å². The average Bonchev–Trinajstić information content (AvgIpc) is 3.48. The molecule has 1 fully saturated rings. The number of rotatable bonds is 12. The van der Waals surface area contributed by atoms with Crippen LogP contribution in [0.3, 0.4) is 0 Å². The molecule has 0 bridgehead atoms. The van der Waals surface area contributed by atoms with Crippen LogP contribution in [0.2, 0.25) is 0 Å². The van der Waals surface area contributed by atoms with E-state index >= 15 is 0 Å². The van der Waals surface area contributed by atoms with Crippen LogP contribution < -0.4 is 5.32 Å². The Morgan fingerprint density at radius 2 is 1.88 bits per heavy atom. The Bertz CT molecular complexity index is 937. The molecule has 0 aliphatic heterocycles. The third-order valence-electron chi connectivity index (χ3n) is 5.66. The molecule has 6 heteroatoms. The van der Waals surface area contributed by atoms with Crippen molar-refractivity contribution in [1.29, 1.82) is 0 Å². The van der Waals surface area contributed by atoms with E-state index in [0.29, 0.717) is 37.5 Å². The summed E-state index contributed by atoms with van der Waals surface area (Å²) >= 11 is 0. The van der Waals surface area contributed by atoms with E-state index in [0.717, 1.165) is 35.1 Å². The quantitative estimate of drug-likeness (QED) is 0.195. The van der Waals surface area contributed by atoms with E-state index in [2.05, 4.69) is 23.8 Å². The first-order valence-corrected chi connectivity index (χ1v) is 11.5. The summed E-state index contributed by atoms with van der Waals surface area (Å²) in [7, 11) is 1.65. The van der Waals surface area contributed by atoms with Gasteiger partial charge in [-0.2, -0.15) is 0 Å². The predicted octanol–water partition coefficient (Wildman–Crippen LogP) is 5.55. The number of benzene rings is 1. The number of hydrogen-bond donors (Lipinski definition) is 1. The van der Waals surface area contributed by atoms with Gasteiger partial charge in [0.15, 0.2) is 0 Å². The predicted molar refractivity (Wildman–Crippen MR) is 133 cm³/mol. The zero-order chi connectivity index (χ0) is 24.6. The first-order chi connectivity index (χ1) is 15.6. The third-order valence-corrected chi connectivity index (χ3v) is 5.66. The van der Waals surface area contributed by atoms with Crippen LogP contribution in [0.15, 0.2) is 64.0 Å². The number of allylic oxidation sites excluding steroid dienone is 2. The fourth-order valence-corrected chi connectivity index (χ4v) is 3.61. The minimum absolute atomic E-state index is 0.00931. The molecule has 1 aliphatic rings. The molecule has 0 unspecified atom stereocenters. The molecule has 0 saturated heterocycles. The SMILES string of the molecule is C=C(C)/C(C(C(=O)N(CCCOC)Cc1ccc(F)cc1)=C(C)C)=C(\N=CC)NC1(C)CC1. The van der Waals surface area contributed by atoms with Gasteiger partial charge in [0.2, 0.25) is 0 Å². The summed E-state index contributed by atoms with van der Waals surface area (Å²) in [6.45, 7) is 15.4. The van der Waals surface area contributed by atoms with Gasteiger partial charge in [-0.15, -0.1) is 0 Å². The minimum atomic E-state index is -0.296. The van der Waals surface area contributed by atoms with Crippen LogP contribution in [0.1, 0.15) is 59.4 Å². The number of nitrogens with zero attached hydrogens (tertiary/aromatic N) is 2. The third kappa shape index (κ3) is 7.67. The van der Waals surface area contributed by atoms with Gasteiger partial charge in [-0.3, -0.25) is 4.79 Å². The Hall–Kier alpha value is -2.73. The molecule has 1 N–H and O–H groups in total. The van der Waals surface area contributed by atoms with Crippen molar-refractivity contribution in [3.05, 3.63) is 70.3 Å². The normalized spacial score (nSPS) is 15.1. The maximum atomic E-state index is 14.0. The second kappa shape index (κ2) is 11.9. The zero-order valence-corrected chi connectivity index (χ0v) is 20.9. The average molecular weight is 456 g/mol. The number of carbonyl (C=O) groups is 1. The second-order valence-electron chi connectivity index (χ2n) is 9.15. The number of hydrogen-bond acceptors (Lipinski definition) is 4. The van der Waals surface area contributed by atoms with E-state index in [1.807, 2.05) is 27.7 Å². The monoisotopic (exact) mass is 455 g/mol. The first-order valence-electron chi connectivity index (χ1n) is 11.5. The largest absolute Gasteiger partial charge is 0.385 e. The highest BCUT2D eigenvalue weighted by molar-refractivity contribution is 6.00. The smallest absolute Gasteiger partial charge is 0.254 e. The number of amides is 1. The summed E-state index contributed by atoms with van der Waals surface area (Å²) in [5.41, 5.74) is 3.86. The highest BCUT2D eigenvalue weighted by Crippen LogP contribution is 2.37. The number of halogens is 1. The minimum Gasteiger partial charge on any atom is -0.385 e. The number of carbonyl (C=O) groups excluding carboxylic acids is 1. The molecule has 33 heavy (non-hydrogen) atoms. The van der Waals surface area contributed by atoms with Crippen molar-refractivity contribution in [2.45, 2.75) is 66.0 Å². The lowest BCUT2D eigenvalue weighted by Crippen LogP contribution is -2.35. The first kappa shape index (κ1) is 26.5. The number of aliphatic imine (C=N–C) groups is 1. The van der Waals surface area contributed by atoms with Crippen LogP contribution in [0.5, 0.6) is 0 Å². The highest BCUT2D eigenvalue weighted by Gasteiger charge is 2.39. The summed E-state index contributed by atoms with van der Waals surface area (Å²) in [6, 6.07) is 6.27. The lowest BCUT2D eigenvalue weighted by Gasteiger charge is -2.27. The Morgan fingerprint density at radius 3 is 2.36 bits per heavy atom. The van der Waals surface area contributed by atoms with Crippen molar-refractivity contribution in [2.75, 3.05) is 20.3 Å². The summed E-state index contributed by atoms with van der Waals surface area (Å²) < 4.78 is 18.6. The molecule has 0 aromatic heterocycles. The van der Waals surface area contributed by atoms with Crippen molar-refractivity contribution >= 4 is 12.1 Å². The van der Waals surface area contributed by atoms with Gasteiger partial charge < -0.3 is 15.0 Å². The Balaban J connectivity index is 2.50. The van der Waals surface area contributed by atoms with Crippen molar-refractivity contribution in [2.24, 2.45) is 4.99 Å². The summed E-state index contributed by atoms with van der Waals surface area (Å²) in [6.07, 6.45) is 4.55. The van der Waals surface area contributed by atoms with Gasteiger partial charge in [-0.25, -0.2) is 9.38 Å². The van der Waals surface area contributed by atoms with E-state index in [-0.39, 0.29) is 17.3 Å². The topological polar surface area (TPSA) is 53.9 Å². The molecule has 0 radical (unpaired) electrons. The van der Waals surface area contributed by atoms with E-state index in [1.165, 1.54) is 12.1 Å². The molecule has 1 amide bonds. The van der Waals surface area contributed by atoms with Crippen molar-refractivity contribution < 1.29 is 13.9 Å². The van der Waals surface area contributed by atoms with Gasteiger partial charge >= 0.3 is 0 Å². The Morgan fingerprint density at radius 1 is 1.24 bits per heavy atom. The van der Waals surface area contributed by atoms with Crippen LogP contribution >= 0.6 is 0 Å². The van der Waals surface area contributed by atoms with Crippen molar-refractivity contribution in [1.82, 2.24) is 10.2 Å². The molecular weight excluding hydrogens is 417 g/mol. The highest BCUT2D eigenvalue weighted by atomic mass is 19.1. The van der Waals surface area contributed by atoms with E-state index < -0.39 is 0 Å². The zero-order valence-electron chi connectivity index (χ0n) is 20.9. The molecule has 2 rings (SSSR count). The van der Waals surface area contributed by atoms with Gasteiger partial charge in [-0.1, -0.05) is 24.3 Å². The number of ether oxygens (including phenoxy) is 1. The van der Waals surface area contributed by atoms with Gasteiger partial charge in [0, 0.05) is 49.7 Å². The van der Waals surface area contributed by atoms with Gasteiger partial charge in [-0.05, 0) is 77.2 Å². The lowest BCUT2D eigenvalue weighted by atomic mass is 9.94. The van der Waals surface area contributed by atoms with Crippen molar-refractivity contribution in [3.8, 4) is 0 Å².